The van der Waals surface area contributed by atoms with Crippen LogP contribution in [0.3, 0.4) is 0 Å². The Bertz CT molecular complexity index is 332. The predicted octanol–water partition coefficient (Wildman–Crippen LogP) is 2.55. The third-order valence-electron chi connectivity index (χ3n) is 2.65. The number of aryl methyl sites for hydroxylation is 1. The molecule has 1 heterocycles. The number of hydrogen-bond donors (Lipinski definition) is 0. The molecule has 0 amide bonds. The summed E-state index contributed by atoms with van der Waals surface area (Å²) in [5.74, 6) is 0.503. The van der Waals surface area contributed by atoms with Crippen molar-refractivity contribution in [2.75, 3.05) is 19.8 Å². The lowest BCUT2D eigenvalue weighted by atomic mass is 10.1. The van der Waals surface area contributed by atoms with E-state index in [1.54, 1.807) is 25.1 Å². The highest BCUT2D eigenvalue weighted by atomic mass is 19.1. The molecule has 0 saturated carbocycles. The maximum absolute atomic E-state index is 13.5. The van der Waals surface area contributed by atoms with E-state index in [1.165, 1.54) is 0 Å². The maximum atomic E-state index is 13.5. The molecule has 15 heavy (non-hydrogen) atoms. The van der Waals surface area contributed by atoms with Crippen LogP contribution in [0, 0.1) is 18.7 Å². The first-order valence-corrected chi connectivity index (χ1v) is 5.23. The van der Waals surface area contributed by atoms with Gasteiger partial charge < -0.3 is 9.47 Å². The van der Waals surface area contributed by atoms with Crippen LogP contribution in [0.2, 0.25) is 0 Å². The van der Waals surface area contributed by atoms with Crippen molar-refractivity contribution < 1.29 is 13.9 Å². The van der Waals surface area contributed by atoms with Crippen LogP contribution in [0.1, 0.15) is 12.0 Å². The van der Waals surface area contributed by atoms with Crippen LogP contribution in [0.15, 0.2) is 18.2 Å². The Morgan fingerprint density at radius 1 is 1.53 bits per heavy atom. The highest BCUT2D eigenvalue weighted by Gasteiger charge is 2.17. The van der Waals surface area contributed by atoms with Gasteiger partial charge in [-0.25, -0.2) is 4.39 Å². The number of rotatable bonds is 3. The molecule has 2 rings (SSSR count). The Kier molecular flexibility index (Phi) is 3.21. The summed E-state index contributed by atoms with van der Waals surface area (Å²) in [5.41, 5.74) is 0.621. The second kappa shape index (κ2) is 4.62. The zero-order valence-electron chi connectivity index (χ0n) is 8.83. The summed E-state index contributed by atoms with van der Waals surface area (Å²) in [6, 6.07) is 5.21. The van der Waals surface area contributed by atoms with Crippen molar-refractivity contribution >= 4 is 0 Å². The topological polar surface area (TPSA) is 18.5 Å². The molecule has 1 saturated heterocycles. The Hall–Kier alpha value is -1.09. The van der Waals surface area contributed by atoms with E-state index in [0.29, 0.717) is 23.8 Å². The van der Waals surface area contributed by atoms with Crippen LogP contribution in [0.4, 0.5) is 4.39 Å². The molecule has 0 radical (unpaired) electrons. The molecule has 82 valence electrons. The third-order valence-corrected chi connectivity index (χ3v) is 2.65. The minimum Gasteiger partial charge on any atom is -0.490 e. The molecule has 0 spiro atoms. The summed E-state index contributed by atoms with van der Waals surface area (Å²) >= 11 is 0. The molecule has 1 aliphatic heterocycles. The monoisotopic (exact) mass is 210 g/mol. The van der Waals surface area contributed by atoms with Gasteiger partial charge in [0.2, 0.25) is 0 Å². The average molecular weight is 210 g/mol. The number of benzene rings is 1. The van der Waals surface area contributed by atoms with E-state index >= 15 is 0 Å². The lowest BCUT2D eigenvalue weighted by Crippen LogP contribution is -2.12. The zero-order valence-corrected chi connectivity index (χ0v) is 8.83. The first kappa shape index (κ1) is 10.4. The average Bonchev–Trinajstić information content (AvgIpc) is 2.73. The van der Waals surface area contributed by atoms with Crippen LogP contribution in [0.25, 0.3) is 0 Å². The molecule has 1 fully saturated rings. The van der Waals surface area contributed by atoms with Crippen molar-refractivity contribution in [3.8, 4) is 5.75 Å². The van der Waals surface area contributed by atoms with Gasteiger partial charge in [0.1, 0.15) is 0 Å². The van der Waals surface area contributed by atoms with E-state index < -0.39 is 0 Å². The molecular weight excluding hydrogens is 195 g/mol. The fourth-order valence-electron chi connectivity index (χ4n) is 1.65. The molecule has 1 aromatic rings. The quantitative estimate of drug-likeness (QED) is 0.763. The van der Waals surface area contributed by atoms with E-state index in [2.05, 4.69) is 0 Å². The first-order chi connectivity index (χ1) is 7.27. The summed E-state index contributed by atoms with van der Waals surface area (Å²) in [5, 5.41) is 0. The van der Waals surface area contributed by atoms with Gasteiger partial charge in [-0.1, -0.05) is 12.1 Å². The van der Waals surface area contributed by atoms with Crippen LogP contribution in [0.5, 0.6) is 5.75 Å². The summed E-state index contributed by atoms with van der Waals surface area (Å²) < 4.78 is 24.2. The largest absolute Gasteiger partial charge is 0.490 e. The van der Waals surface area contributed by atoms with Gasteiger partial charge in [-0.05, 0) is 25.0 Å². The number of halogens is 1. The lowest BCUT2D eigenvalue weighted by molar-refractivity contribution is 0.165. The van der Waals surface area contributed by atoms with Gasteiger partial charge in [0.15, 0.2) is 11.6 Å². The molecule has 0 aliphatic carbocycles. The fraction of sp³-hybridized carbons (Fsp3) is 0.500. The second-order valence-corrected chi connectivity index (χ2v) is 3.93. The minimum absolute atomic E-state index is 0.253. The standard InChI is InChI=1S/C12H15FO2/c1-9-3-2-4-11(12(9)13)15-8-10-5-6-14-7-10/h2-4,10H,5-8H2,1H3. The van der Waals surface area contributed by atoms with Gasteiger partial charge >= 0.3 is 0 Å². The zero-order chi connectivity index (χ0) is 10.7. The maximum Gasteiger partial charge on any atom is 0.167 e. The van der Waals surface area contributed by atoms with Crippen molar-refractivity contribution in [3.63, 3.8) is 0 Å². The van der Waals surface area contributed by atoms with E-state index in [4.69, 9.17) is 9.47 Å². The van der Waals surface area contributed by atoms with Gasteiger partial charge in [-0.3, -0.25) is 0 Å². The van der Waals surface area contributed by atoms with Crippen LogP contribution >= 0.6 is 0 Å². The van der Waals surface area contributed by atoms with E-state index in [0.717, 1.165) is 19.6 Å². The van der Waals surface area contributed by atoms with Gasteiger partial charge in [-0.2, -0.15) is 0 Å². The van der Waals surface area contributed by atoms with Crippen molar-refractivity contribution in [1.29, 1.82) is 0 Å². The SMILES string of the molecule is Cc1cccc(OCC2CCOC2)c1F. The van der Waals surface area contributed by atoms with Crippen LogP contribution in [-0.4, -0.2) is 19.8 Å². The Labute approximate surface area is 89.0 Å². The second-order valence-electron chi connectivity index (χ2n) is 3.93. The van der Waals surface area contributed by atoms with Gasteiger partial charge in [0.05, 0.1) is 13.2 Å². The molecule has 1 unspecified atom stereocenters. The van der Waals surface area contributed by atoms with E-state index in [-0.39, 0.29) is 5.82 Å². The summed E-state index contributed by atoms with van der Waals surface area (Å²) in [7, 11) is 0. The Balaban J connectivity index is 1.95. The molecule has 0 bridgehead atoms. The molecule has 0 aromatic heterocycles. The fourth-order valence-corrected chi connectivity index (χ4v) is 1.65. The number of ether oxygens (including phenoxy) is 2. The van der Waals surface area contributed by atoms with Crippen molar-refractivity contribution in [2.45, 2.75) is 13.3 Å². The molecule has 1 aliphatic rings. The highest BCUT2D eigenvalue weighted by Crippen LogP contribution is 2.21. The van der Waals surface area contributed by atoms with E-state index in [9.17, 15) is 4.39 Å². The van der Waals surface area contributed by atoms with Crippen molar-refractivity contribution in [1.82, 2.24) is 0 Å². The molecule has 2 nitrogen and oxygen atoms in total. The summed E-state index contributed by atoms with van der Waals surface area (Å²) in [6.07, 6.45) is 1.01. The van der Waals surface area contributed by atoms with Gasteiger partial charge in [0.25, 0.3) is 0 Å². The van der Waals surface area contributed by atoms with Gasteiger partial charge in [0, 0.05) is 12.5 Å². The molecule has 0 N–H and O–H groups in total. The normalized spacial score (nSPS) is 20.5. The predicted molar refractivity (Wildman–Crippen MR) is 55.6 cm³/mol. The minimum atomic E-state index is -0.253. The molecule has 3 heteroatoms. The third kappa shape index (κ3) is 2.48. The molecule has 1 atom stereocenters. The Morgan fingerprint density at radius 3 is 3.13 bits per heavy atom. The van der Waals surface area contributed by atoms with Crippen molar-refractivity contribution in [2.24, 2.45) is 5.92 Å². The van der Waals surface area contributed by atoms with Crippen LogP contribution in [-0.2, 0) is 4.74 Å². The van der Waals surface area contributed by atoms with Crippen molar-refractivity contribution in [3.05, 3.63) is 29.6 Å². The number of hydrogen-bond acceptors (Lipinski definition) is 2. The van der Waals surface area contributed by atoms with Crippen LogP contribution < -0.4 is 4.74 Å². The molecule has 1 aromatic carbocycles. The summed E-state index contributed by atoms with van der Waals surface area (Å²) in [6.45, 7) is 3.80. The first-order valence-electron chi connectivity index (χ1n) is 5.23. The van der Waals surface area contributed by atoms with E-state index in [1.807, 2.05) is 0 Å². The molecular formula is C12H15FO2. The summed E-state index contributed by atoms with van der Waals surface area (Å²) in [4.78, 5) is 0. The smallest absolute Gasteiger partial charge is 0.167 e. The highest BCUT2D eigenvalue weighted by molar-refractivity contribution is 5.30. The lowest BCUT2D eigenvalue weighted by Gasteiger charge is -2.11. The Morgan fingerprint density at radius 2 is 2.40 bits per heavy atom. The van der Waals surface area contributed by atoms with Gasteiger partial charge in [-0.15, -0.1) is 0 Å².